The van der Waals surface area contributed by atoms with Gasteiger partial charge in [-0.05, 0) is 57.1 Å². The van der Waals surface area contributed by atoms with E-state index in [1.807, 2.05) is 0 Å². The zero-order valence-electron chi connectivity index (χ0n) is 20.8. The van der Waals surface area contributed by atoms with Gasteiger partial charge in [0.2, 0.25) is 5.95 Å². The predicted octanol–water partition coefficient (Wildman–Crippen LogP) is 2.92. The molecule has 2 aliphatic heterocycles. The number of anilines is 4. The average Bonchev–Trinajstić information content (AvgIpc) is 3.59. The third-order valence-corrected chi connectivity index (χ3v) is 6.68. The van der Waals surface area contributed by atoms with Gasteiger partial charge in [-0.2, -0.15) is 9.97 Å². The normalized spacial score (nSPS) is 15.4. The first kappa shape index (κ1) is 25.8. The van der Waals surface area contributed by atoms with E-state index in [9.17, 15) is 10.1 Å². The van der Waals surface area contributed by atoms with Crippen molar-refractivity contribution in [1.82, 2.24) is 20.2 Å². The summed E-state index contributed by atoms with van der Waals surface area (Å²) in [7, 11) is 2.07. The topological polar surface area (TPSA) is 115 Å². The fraction of sp³-hybridized carbons (Fsp3) is 0.542. The molecule has 12 heteroatoms. The van der Waals surface area contributed by atoms with Crippen molar-refractivity contribution in [3.05, 3.63) is 40.4 Å². The van der Waals surface area contributed by atoms with Gasteiger partial charge >= 0.3 is 0 Å². The number of hydrogen-bond donors (Lipinski definition) is 3. The highest BCUT2D eigenvalue weighted by Gasteiger charge is 2.20. The van der Waals surface area contributed by atoms with Gasteiger partial charge in [-0.3, -0.25) is 10.1 Å². The molecule has 36 heavy (non-hydrogen) atoms. The number of thiocarbonyl (C=S) groups is 1. The Balaban J connectivity index is 1.20. The maximum atomic E-state index is 10.8. The molecular weight excluding hydrogens is 478 g/mol. The van der Waals surface area contributed by atoms with Crippen LogP contribution >= 0.6 is 12.2 Å². The molecule has 0 aliphatic carbocycles. The molecule has 2 aliphatic rings. The van der Waals surface area contributed by atoms with Gasteiger partial charge in [0.25, 0.3) is 5.69 Å². The number of benzene rings is 1. The lowest BCUT2D eigenvalue weighted by molar-refractivity contribution is -0.384. The third kappa shape index (κ3) is 7.37. The van der Waals surface area contributed by atoms with Crippen LogP contribution in [0.2, 0.25) is 0 Å². The SMILES string of the molecule is CN(CCNC(=S)Nc1ccc([N+](=O)[O-])cc1)CCNc1cc(N2CCCC2)nc(N2CCCC2)n1. The first-order valence-electron chi connectivity index (χ1n) is 12.6. The van der Waals surface area contributed by atoms with Crippen LogP contribution in [0, 0.1) is 10.1 Å². The average molecular weight is 514 g/mol. The van der Waals surface area contributed by atoms with Crippen LogP contribution in [0.3, 0.4) is 0 Å². The highest BCUT2D eigenvalue weighted by Crippen LogP contribution is 2.25. The second-order valence-corrected chi connectivity index (χ2v) is 9.62. The van der Waals surface area contributed by atoms with E-state index in [1.54, 1.807) is 12.1 Å². The lowest BCUT2D eigenvalue weighted by Gasteiger charge is -2.22. The molecule has 194 valence electrons. The Morgan fingerprint density at radius 3 is 2.33 bits per heavy atom. The van der Waals surface area contributed by atoms with E-state index in [-0.39, 0.29) is 5.69 Å². The quantitative estimate of drug-likeness (QED) is 0.234. The molecule has 3 N–H and O–H groups in total. The molecule has 0 spiro atoms. The Hall–Kier alpha value is -3.25. The first-order chi connectivity index (χ1) is 17.5. The molecule has 0 unspecified atom stereocenters. The smallest absolute Gasteiger partial charge is 0.269 e. The van der Waals surface area contributed by atoms with Gasteiger partial charge in [0.1, 0.15) is 11.6 Å². The second-order valence-electron chi connectivity index (χ2n) is 9.21. The minimum Gasteiger partial charge on any atom is -0.369 e. The van der Waals surface area contributed by atoms with Gasteiger partial charge in [-0.1, -0.05) is 0 Å². The highest BCUT2D eigenvalue weighted by molar-refractivity contribution is 7.80. The predicted molar refractivity (Wildman–Crippen MR) is 148 cm³/mol. The molecule has 0 atom stereocenters. The molecular formula is C24H35N9O2S. The van der Waals surface area contributed by atoms with Crippen molar-refractivity contribution < 1.29 is 4.92 Å². The van der Waals surface area contributed by atoms with Crippen LogP contribution in [-0.2, 0) is 0 Å². The molecule has 1 aromatic heterocycles. The molecule has 3 heterocycles. The maximum Gasteiger partial charge on any atom is 0.269 e. The Morgan fingerprint density at radius 2 is 1.67 bits per heavy atom. The Morgan fingerprint density at radius 1 is 1.03 bits per heavy atom. The summed E-state index contributed by atoms with van der Waals surface area (Å²) in [6.07, 6.45) is 4.84. The molecule has 2 saturated heterocycles. The number of nitrogens with zero attached hydrogens (tertiary/aromatic N) is 6. The van der Waals surface area contributed by atoms with E-state index in [2.05, 4.69) is 43.8 Å². The summed E-state index contributed by atoms with van der Waals surface area (Å²) < 4.78 is 0. The highest BCUT2D eigenvalue weighted by atomic mass is 32.1. The van der Waals surface area contributed by atoms with Crippen molar-refractivity contribution in [3.8, 4) is 0 Å². The fourth-order valence-electron chi connectivity index (χ4n) is 4.37. The third-order valence-electron chi connectivity index (χ3n) is 6.43. The van der Waals surface area contributed by atoms with E-state index in [1.165, 1.54) is 37.8 Å². The molecule has 4 rings (SSSR count). The molecule has 1 aromatic carbocycles. The Labute approximate surface area is 217 Å². The maximum absolute atomic E-state index is 10.8. The lowest BCUT2D eigenvalue weighted by Crippen LogP contribution is -2.36. The van der Waals surface area contributed by atoms with Crippen molar-refractivity contribution in [1.29, 1.82) is 0 Å². The van der Waals surface area contributed by atoms with E-state index < -0.39 is 4.92 Å². The minimum atomic E-state index is -0.422. The van der Waals surface area contributed by atoms with Crippen LogP contribution in [0.15, 0.2) is 30.3 Å². The fourth-order valence-corrected chi connectivity index (χ4v) is 4.59. The van der Waals surface area contributed by atoms with Crippen LogP contribution in [0.25, 0.3) is 0 Å². The molecule has 11 nitrogen and oxygen atoms in total. The van der Waals surface area contributed by atoms with Gasteiger partial charge in [-0.25, -0.2) is 0 Å². The second kappa shape index (κ2) is 12.6. The van der Waals surface area contributed by atoms with Crippen molar-refractivity contribution in [2.75, 3.05) is 79.8 Å². The number of hydrogen-bond acceptors (Lipinski definition) is 9. The van der Waals surface area contributed by atoms with Crippen molar-refractivity contribution in [3.63, 3.8) is 0 Å². The number of nitro groups is 1. The Bertz CT molecular complexity index is 990. The first-order valence-corrected chi connectivity index (χ1v) is 13.0. The van der Waals surface area contributed by atoms with E-state index in [0.717, 1.165) is 63.4 Å². The van der Waals surface area contributed by atoms with Crippen molar-refractivity contribution in [2.45, 2.75) is 25.7 Å². The molecule has 2 fully saturated rings. The summed E-state index contributed by atoms with van der Waals surface area (Å²) in [6, 6.07) is 8.26. The number of nitro benzene ring substituents is 1. The summed E-state index contributed by atoms with van der Waals surface area (Å²) in [5.74, 6) is 2.75. The number of aromatic nitrogens is 2. The summed E-state index contributed by atoms with van der Waals surface area (Å²) in [5, 5.41) is 21.0. The number of likely N-dealkylation sites (N-methyl/N-ethyl adjacent to an activating group) is 1. The Kier molecular flexibility index (Phi) is 9.06. The number of rotatable bonds is 11. The number of non-ortho nitro benzene ring substituents is 1. The molecule has 0 saturated carbocycles. The zero-order valence-corrected chi connectivity index (χ0v) is 21.6. The molecule has 2 aromatic rings. The van der Waals surface area contributed by atoms with Crippen molar-refractivity contribution >= 4 is 46.3 Å². The monoisotopic (exact) mass is 513 g/mol. The summed E-state index contributed by atoms with van der Waals surface area (Å²) in [6.45, 7) is 7.30. The van der Waals surface area contributed by atoms with Gasteiger partial charge in [-0.15, -0.1) is 0 Å². The van der Waals surface area contributed by atoms with Gasteiger partial charge in [0, 0.05) is 76.2 Å². The summed E-state index contributed by atoms with van der Waals surface area (Å²) in [4.78, 5) is 26.9. The van der Waals surface area contributed by atoms with Crippen LogP contribution in [-0.4, -0.2) is 84.3 Å². The van der Waals surface area contributed by atoms with Gasteiger partial charge in [0.05, 0.1) is 4.92 Å². The number of nitrogens with one attached hydrogen (secondary N) is 3. The van der Waals surface area contributed by atoms with E-state index in [0.29, 0.717) is 17.3 Å². The van der Waals surface area contributed by atoms with Gasteiger partial charge < -0.3 is 30.7 Å². The van der Waals surface area contributed by atoms with E-state index in [4.69, 9.17) is 22.2 Å². The minimum absolute atomic E-state index is 0.0520. The van der Waals surface area contributed by atoms with Crippen LogP contribution in [0.4, 0.5) is 29.0 Å². The molecule has 0 bridgehead atoms. The molecule has 0 amide bonds. The largest absolute Gasteiger partial charge is 0.369 e. The van der Waals surface area contributed by atoms with Gasteiger partial charge in [0.15, 0.2) is 5.11 Å². The van der Waals surface area contributed by atoms with E-state index >= 15 is 0 Å². The lowest BCUT2D eigenvalue weighted by atomic mass is 10.3. The van der Waals surface area contributed by atoms with Crippen LogP contribution in [0.5, 0.6) is 0 Å². The van der Waals surface area contributed by atoms with Crippen LogP contribution in [0.1, 0.15) is 25.7 Å². The summed E-state index contributed by atoms with van der Waals surface area (Å²) >= 11 is 5.33. The zero-order chi connectivity index (χ0) is 25.3. The standard InChI is InChI=1S/C24H35N9O2S/c1-30(17-11-26-24(36)27-19-6-8-20(9-7-19)33(34)35)16-10-25-21-18-22(31-12-2-3-13-31)29-23(28-21)32-14-4-5-15-32/h6-9,18H,2-5,10-17H2,1H3,(H,25,28,29)(H2,26,27,36). The summed E-state index contributed by atoms with van der Waals surface area (Å²) in [5.41, 5.74) is 0.762. The van der Waals surface area contributed by atoms with Crippen LogP contribution < -0.4 is 25.8 Å². The molecule has 0 radical (unpaired) electrons. The van der Waals surface area contributed by atoms with Crippen molar-refractivity contribution in [2.24, 2.45) is 0 Å².